The molecule has 9 nitrogen and oxygen atoms in total. The van der Waals surface area contributed by atoms with Crippen LogP contribution in [0.4, 0.5) is 0 Å². The smallest absolute Gasteiger partial charge is 0.352 e. The minimum atomic E-state index is -3.77. The van der Waals surface area contributed by atoms with Gasteiger partial charge in [-0.1, -0.05) is 5.16 Å². The van der Waals surface area contributed by atoms with Crippen molar-refractivity contribution in [3.8, 4) is 0 Å². The summed E-state index contributed by atoms with van der Waals surface area (Å²) in [6.45, 7) is 1.71. The Balaban J connectivity index is 1.98. The van der Waals surface area contributed by atoms with Gasteiger partial charge in [-0.15, -0.1) is 0 Å². The Morgan fingerprint density at radius 1 is 1.55 bits per heavy atom. The molecule has 0 amide bonds. The molecule has 0 saturated heterocycles. The molecule has 0 aromatic carbocycles. The number of hydrogen-bond acceptors (Lipinski definition) is 6. The zero-order valence-electron chi connectivity index (χ0n) is 10.5. The first-order valence-corrected chi connectivity index (χ1v) is 7.07. The van der Waals surface area contributed by atoms with Gasteiger partial charge in [0.15, 0.2) is 5.82 Å². The lowest BCUT2D eigenvalue weighted by molar-refractivity contribution is 0.0691. The third-order valence-corrected chi connectivity index (χ3v) is 3.85. The molecule has 0 saturated carbocycles. The largest absolute Gasteiger partial charge is 0.477 e. The fourth-order valence-corrected chi connectivity index (χ4v) is 2.50. The Hall–Kier alpha value is -2.20. The fourth-order valence-electron chi connectivity index (χ4n) is 1.48. The maximum atomic E-state index is 11.9. The van der Waals surface area contributed by atoms with Crippen molar-refractivity contribution < 1.29 is 22.8 Å². The van der Waals surface area contributed by atoms with E-state index in [-0.39, 0.29) is 23.6 Å². The number of nitrogens with one attached hydrogen (secondary N) is 2. The van der Waals surface area contributed by atoms with Crippen molar-refractivity contribution in [2.24, 2.45) is 0 Å². The van der Waals surface area contributed by atoms with Gasteiger partial charge in [0.05, 0.1) is 0 Å². The van der Waals surface area contributed by atoms with E-state index in [9.17, 15) is 13.2 Å². The van der Waals surface area contributed by atoms with Crippen LogP contribution in [0.25, 0.3) is 0 Å². The molecule has 0 aliphatic carbocycles. The predicted octanol–water partition coefficient (Wildman–Crippen LogP) is -0.0747. The highest BCUT2D eigenvalue weighted by molar-refractivity contribution is 7.89. The van der Waals surface area contributed by atoms with Gasteiger partial charge in [-0.05, 0) is 6.07 Å². The highest BCUT2D eigenvalue weighted by Gasteiger charge is 2.18. The number of aromatic amines is 1. The number of sulfonamides is 1. The van der Waals surface area contributed by atoms with Gasteiger partial charge in [-0.3, -0.25) is 0 Å². The molecule has 2 rings (SSSR count). The standard InChI is InChI=1S/C10H12N4O5S/c1-6-13-9(14-19-6)2-3-12-20(17,18)7-4-8(10(15)16)11-5-7/h4-5,11-12H,2-3H2,1H3,(H,15,16). The van der Waals surface area contributed by atoms with Crippen molar-refractivity contribution in [1.29, 1.82) is 0 Å². The minimum absolute atomic E-state index is 0.0783. The highest BCUT2D eigenvalue weighted by Crippen LogP contribution is 2.10. The molecule has 3 N–H and O–H groups in total. The van der Waals surface area contributed by atoms with Gasteiger partial charge in [0.1, 0.15) is 10.6 Å². The van der Waals surface area contributed by atoms with Crippen LogP contribution in [0.1, 0.15) is 22.2 Å². The number of carbonyl (C=O) groups is 1. The Kier molecular flexibility index (Phi) is 3.86. The predicted molar refractivity (Wildman–Crippen MR) is 65.7 cm³/mol. The van der Waals surface area contributed by atoms with E-state index in [4.69, 9.17) is 9.63 Å². The van der Waals surface area contributed by atoms with E-state index in [0.29, 0.717) is 11.7 Å². The first-order chi connectivity index (χ1) is 9.38. The first-order valence-electron chi connectivity index (χ1n) is 5.59. The molecular formula is C10H12N4O5S. The molecule has 0 fully saturated rings. The number of aromatic nitrogens is 3. The average molecular weight is 300 g/mol. The maximum Gasteiger partial charge on any atom is 0.352 e. The molecule has 0 aliphatic rings. The number of hydrogen-bond donors (Lipinski definition) is 3. The summed E-state index contributed by atoms with van der Waals surface area (Å²) in [7, 11) is -3.77. The van der Waals surface area contributed by atoms with Crippen LogP contribution in [0.2, 0.25) is 0 Å². The van der Waals surface area contributed by atoms with E-state index < -0.39 is 16.0 Å². The number of nitrogens with zero attached hydrogens (tertiary/aromatic N) is 2. The molecule has 2 aromatic rings. The van der Waals surface area contributed by atoms with E-state index in [1.807, 2.05) is 0 Å². The number of H-pyrrole nitrogens is 1. The molecule has 2 heterocycles. The Labute approximate surface area is 114 Å². The van der Waals surface area contributed by atoms with Crippen molar-refractivity contribution in [3.63, 3.8) is 0 Å². The van der Waals surface area contributed by atoms with Crippen LogP contribution in [0.5, 0.6) is 0 Å². The van der Waals surface area contributed by atoms with Crippen LogP contribution in [-0.2, 0) is 16.4 Å². The molecule has 0 aliphatic heterocycles. The second kappa shape index (κ2) is 5.43. The second-order valence-electron chi connectivity index (χ2n) is 3.93. The number of carboxylic acid groups (broad SMARTS) is 1. The van der Waals surface area contributed by atoms with Crippen molar-refractivity contribution in [2.75, 3.05) is 6.54 Å². The summed E-state index contributed by atoms with van der Waals surface area (Å²) in [5.74, 6) is -0.432. The zero-order valence-corrected chi connectivity index (χ0v) is 11.3. The summed E-state index contributed by atoms with van der Waals surface area (Å²) in [6, 6.07) is 1.04. The van der Waals surface area contributed by atoms with Crippen LogP contribution in [0.15, 0.2) is 21.7 Å². The highest BCUT2D eigenvalue weighted by atomic mass is 32.2. The summed E-state index contributed by atoms with van der Waals surface area (Å²) in [6.07, 6.45) is 1.39. The number of carboxylic acids is 1. The normalized spacial score (nSPS) is 11.7. The number of rotatable bonds is 6. The second-order valence-corrected chi connectivity index (χ2v) is 5.70. The molecule has 0 atom stereocenters. The topological polar surface area (TPSA) is 138 Å². The van der Waals surface area contributed by atoms with Gasteiger partial charge in [0, 0.05) is 26.1 Å². The monoisotopic (exact) mass is 300 g/mol. The summed E-state index contributed by atoms with van der Waals surface area (Å²) < 4.78 is 30.8. The molecule has 0 bridgehead atoms. The summed E-state index contributed by atoms with van der Waals surface area (Å²) in [5, 5.41) is 12.3. The lowest BCUT2D eigenvalue weighted by atomic mass is 10.4. The fraction of sp³-hybridized carbons (Fsp3) is 0.300. The lowest BCUT2D eigenvalue weighted by Gasteiger charge is -2.02. The number of aromatic carboxylic acids is 1. The Morgan fingerprint density at radius 2 is 2.30 bits per heavy atom. The maximum absolute atomic E-state index is 11.9. The summed E-state index contributed by atoms with van der Waals surface area (Å²) in [5.41, 5.74) is -0.195. The van der Waals surface area contributed by atoms with Gasteiger partial charge in [0.2, 0.25) is 15.9 Å². The average Bonchev–Trinajstić information content (AvgIpc) is 2.98. The van der Waals surface area contributed by atoms with Crippen molar-refractivity contribution in [1.82, 2.24) is 19.8 Å². The SMILES string of the molecule is Cc1nc(CCNS(=O)(=O)c2c[nH]c(C(=O)O)c2)no1. The van der Waals surface area contributed by atoms with Crippen molar-refractivity contribution in [3.05, 3.63) is 29.7 Å². The van der Waals surface area contributed by atoms with E-state index >= 15 is 0 Å². The van der Waals surface area contributed by atoms with Crippen molar-refractivity contribution >= 4 is 16.0 Å². The third-order valence-electron chi connectivity index (χ3n) is 2.41. The van der Waals surface area contributed by atoms with Gasteiger partial charge in [0.25, 0.3) is 0 Å². The Bertz CT molecular complexity index is 718. The molecule has 20 heavy (non-hydrogen) atoms. The van der Waals surface area contributed by atoms with Gasteiger partial charge < -0.3 is 14.6 Å². The third kappa shape index (κ3) is 3.22. The molecule has 0 radical (unpaired) electrons. The van der Waals surface area contributed by atoms with Crippen molar-refractivity contribution in [2.45, 2.75) is 18.2 Å². The minimum Gasteiger partial charge on any atom is -0.477 e. The lowest BCUT2D eigenvalue weighted by Crippen LogP contribution is -2.26. The number of aryl methyl sites for hydroxylation is 1. The molecular weight excluding hydrogens is 288 g/mol. The molecule has 0 unspecified atom stereocenters. The summed E-state index contributed by atoms with van der Waals surface area (Å²) >= 11 is 0. The zero-order chi connectivity index (χ0) is 14.8. The van der Waals surface area contributed by atoms with Gasteiger partial charge >= 0.3 is 5.97 Å². The van der Waals surface area contributed by atoms with Gasteiger partial charge in [-0.2, -0.15) is 4.98 Å². The van der Waals surface area contributed by atoms with Crippen LogP contribution in [0, 0.1) is 6.92 Å². The van der Waals surface area contributed by atoms with E-state index in [2.05, 4.69) is 19.8 Å². The van der Waals surface area contributed by atoms with Crippen LogP contribution < -0.4 is 4.72 Å². The van der Waals surface area contributed by atoms with Crippen LogP contribution >= 0.6 is 0 Å². The Morgan fingerprint density at radius 3 is 2.85 bits per heavy atom. The molecule has 0 spiro atoms. The summed E-state index contributed by atoms with van der Waals surface area (Å²) in [4.78, 5) is 16.8. The van der Waals surface area contributed by atoms with Crippen LogP contribution in [0.3, 0.4) is 0 Å². The van der Waals surface area contributed by atoms with E-state index in [1.165, 1.54) is 0 Å². The van der Waals surface area contributed by atoms with Crippen LogP contribution in [-0.4, -0.2) is 41.2 Å². The van der Waals surface area contributed by atoms with E-state index in [0.717, 1.165) is 12.3 Å². The van der Waals surface area contributed by atoms with Gasteiger partial charge in [-0.25, -0.2) is 17.9 Å². The molecule has 108 valence electrons. The quantitative estimate of drug-likeness (QED) is 0.678. The molecule has 2 aromatic heterocycles. The van der Waals surface area contributed by atoms with E-state index in [1.54, 1.807) is 6.92 Å². The first kappa shape index (κ1) is 14.2. The molecule has 10 heteroatoms.